The lowest BCUT2D eigenvalue weighted by Gasteiger charge is -2.35. The molecule has 0 aliphatic carbocycles. The summed E-state index contributed by atoms with van der Waals surface area (Å²) in [6.07, 6.45) is 0. The molecule has 7 aromatic rings. The van der Waals surface area contributed by atoms with Gasteiger partial charge in [-0.1, -0.05) is 161 Å². The number of benzene rings is 5. The predicted molar refractivity (Wildman–Crippen MR) is 269 cm³/mol. The summed E-state index contributed by atoms with van der Waals surface area (Å²) in [5, 5.41) is 2.50. The van der Waals surface area contributed by atoms with Crippen LogP contribution in [0.3, 0.4) is 0 Å². The van der Waals surface area contributed by atoms with Crippen LogP contribution in [0.25, 0.3) is 55.0 Å². The number of rotatable bonds is 2. The van der Waals surface area contributed by atoms with Crippen molar-refractivity contribution in [2.24, 2.45) is 0 Å². The molecule has 2 aromatic heterocycles. The SMILES string of the molecule is Cc1ccc2c(=O)c3cc4c(cc3n(-c3c(C(C)(C)C)cc(C(C)(C)C)cc3C(C)(C)C)c2c1)c(=O)c1ccc(C)cc1n4-c1c(C(C)(C)C)cc(C(C)(C)C)cc1C(C)(C)C. The van der Waals surface area contributed by atoms with Crippen LogP contribution >= 0.6 is 0 Å². The first-order valence-corrected chi connectivity index (χ1v) is 22.7. The molecule has 7 rings (SSSR count). The van der Waals surface area contributed by atoms with Gasteiger partial charge in [-0.3, -0.25) is 9.59 Å². The lowest BCUT2D eigenvalue weighted by Crippen LogP contribution is -2.26. The summed E-state index contributed by atoms with van der Waals surface area (Å²) in [5.41, 5.74) is 13.6. The summed E-state index contributed by atoms with van der Waals surface area (Å²) in [7, 11) is 0. The zero-order valence-corrected chi connectivity index (χ0v) is 41.6. The standard InChI is InChI=1S/C58H72N2O2/c1-33-21-23-37-45(25-33)59(49-41(55(9,10)11)27-35(53(3,4)5)28-42(49)56(12,13)14)47-31-40-48(32-39(47)51(37)61)60(46-26-34(2)22-24-38(46)52(40)62)50-43(57(15,16)17)29-36(54(6,7)8)30-44(50)58(18,19)20/h21-32H,1-20H3. The van der Waals surface area contributed by atoms with Gasteiger partial charge in [-0.05, 0) is 127 Å². The van der Waals surface area contributed by atoms with Crippen LogP contribution in [0.1, 0.15) is 169 Å². The Bertz CT molecular complexity index is 2820. The van der Waals surface area contributed by atoms with E-state index in [0.717, 1.165) is 44.6 Å². The molecule has 0 bridgehead atoms. The van der Waals surface area contributed by atoms with Crippen molar-refractivity contribution in [3.05, 3.63) is 138 Å². The molecule has 0 saturated heterocycles. The third-order valence-corrected chi connectivity index (χ3v) is 13.0. The molecule has 0 fully saturated rings. The van der Waals surface area contributed by atoms with Crippen molar-refractivity contribution in [3.63, 3.8) is 0 Å². The zero-order valence-electron chi connectivity index (χ0n) is 41.6. The van der Waals surface area contributed by atoms with Gasteiger partial charge in [0.05, 0.1) is 33.4 Å². The first-order chi connectivity index (χ1) is 28.2. The minimum absolute atomic E-state index is 0.0346. The summed E-state index contributed by atoms with van der Waals surface area (Å²) in [6.45, 7) is 45.3. The van der Waals surface area contributed by atoms with Crippen LogP contribution in [0.15, 0.2) is 82.4 Å². The van der Waals surface area contributed by atoms with Crippen molar-refractivity contribution < 1.29 is 0 Å². The molecule has 0 aliphatic rings. The molecule has 62 heavy (non-hydrogen) atoms. The highest BCUT2D eigenvalue weighted by molar-refractivity contribution is 6.06. The quantitative estimate of drug-likeness (QED) is 0.163. The van der Waals surface area contributed by atoms with Crippen LogP contribution in [-0.2, 0) is 32.5 Å². The Morgan fingerprint density at radius 1 is 0.323 bits per heavy atom. The molecule has 326 valence electrons. The lowest BCUT2D eigenvalue weighted by molar-refractivity contribution is 0.544. The molecule has 0 saturated carbocycles. The van der Waals surface area contributed by atoms with Gasteiger partial charge in [-0.2, -0.15) is 0 Å². The highest BCUT2D eigenvalue weighted by atomic mass is 16.1. The van der Waals surface area contributed by atoms with E-state index >= 15 is 9.59 Å². The molecule has 0 spiro atoms. The first-order valence-electron chi connectivity index (χ1n) is 22.7. The van der Waals surface area contributed by atoms with Crippen LogP contribution in [0.5, 0.6) is 0 Å². The number of aryl methyl sites for hydroxylation is 2. The minimum Gasteiger partial charge on any atom is -0.308 e. The Labute approximate surface area is 371 Å². The maximum Gasteiger partial charge on any atom is 0.197 e. The fraction of sp³-hybridized carbons (Fsp3) is 0.448. The van der Waals surface area contributed by atoms with E-state index in [1.807, 2.05) is 24.3 Å². The van der Waals surface area contributed by atoms with E-state index in [2.05, 4.69) is 196 Å². The van der Waals surface area contributed by atoms with Crippen molar-refractivity contribution in [2.45, 2.75) is 171 Å². The topological polar surface area (TPSA) is 44.0 Å². The van der Waals surface area contributed by atoms with Gasteiger partial charge >= 0.3 is 0 Å². The van der Waals surface area contributed by atoms with Gasteiger partial charge in [0.1, 0.15) is 0 Å². The van der Waals surface area contributed by atoms with Crippen LogP contribution in [-0.4, -0.2) is 9.13 Å². The molecule has 0 atom stereocenters. The summed E-state index contributed by atoms with van der Waals surface area (Å²) < 4.78 is 4.68. The van der Waals surface area contributed by atoms with Gasteiger partial charge in [-0.25, -0.2) is 0 Å². The average molecular weight is 829 g/mol. The van der Waals surface area contributed by atoms with Crippen molar-refractivity contribution in [2.75, 3.05) is 0 Å². The van der Waals surface area contributed by atoms with Gasteiger partial charge in [0.15, 0.2) is 10.9 Å². The van der Waals surface area contributed by atoms with Gasteiger partial charge in [0, 0.05) is 21.5 Å². The molecule has 0 amide bonds. The number of nitrogens with zero attached hydrogens (tertiary/aromatic N) is 2. The van der Waals surface area contributed by atoms with Gasteiger partial charge in [0.2, 0.25) is 0 Å². The molecule has 5 aromatic carbocycles. The highest BCUT2D eigenvalue weighted by Crippen LogP contribution is 2.45. The van der Waals surface area contributed by atoms with Gasteiger partial charge in [0.25, 0.3) is 0 Å². The maximum absolute atomic E-state index is 15.3. The number of hydrogen-bond acceptors (Lipinski definition) is 2. The molecule has 4 heteroatoms. The molecule has 0 unspecified atom stereocenters. The van der Waals surface area contributed by atoms with Crippen LogP contribution in [0.4, 0.5) is 0 Å². The lowest BCUT2D eigenvalue weighted by atomic mass is 9.74. The third-order valence-electron chi connectivity index (χ3n) is 13.0. The van der Waals surface area contributed by atoms with Crippen LogP contribution in [0.2, 0.25) is 0 Å². The Morgan fingerprint density at radius 3 is 0.823 bits per heavy atom. The number of fused-ring (bicyclic) bond motifs is 4. The van der Waals surface area contributed by atoms with E-state index in [4.69, 9.17) is 0 Å². The van der Waals surface area contributed by atoms with E-state index < -0.39 is 0 Å². The second-order valence-corrected chi connectivity index (χ2v) is 24.6. The average Bonchev–Trinajstić information content (AvgIpc) is 3.11. The van der Waals surface area contributed by atoms with E-state index in [-0.39, 0.29) is 43.3 Å². The minimum atomic E-state index is -0.258. The van der Waals surface area contributed by atoms with Crippen molar-refractivity contribution in [3.8, 4) is 11.4 Å². The monoisotopic (exact) mass is 829 g/mol. The van der Waals surface area contributed by atoms with Crippen molar-refractivity contribution >= 4 is 43.6 Å². The summed E-state index contributed by atoms with van der Waals surface area (Å²) in [6, 6.07) is 26.1. The summed E-state index contributed by atoms with van der Waals surface area (Å²) in [5.74, 6) is 0. The smallest absolute Gasteiger partial charge is 0.197 e. The molecule has 0 N–H and O–H groups in total. The highest BCUT2D eigenvalue weighted by Gasteiger charge is 2.34. The zero-order chi connectivity index (χ0) is 46.2. The maximum atomic E-state index is 15.3. The molecular weight excluding hydrogens is 757 g/mol. The molecule has 4 nitrogen and oxygen atoms in total. The van der Waals surface area contributed by atoms with E-state index in [1.165, 1.54) is 33.4 Å². The first kappa shape index (κ1) is 45.1. The fourth-order valence-corrected chi connectivity index (χ4v) is 9.28. The van der Waals surface area contributed by atoms with Crippen LogP contribution in [0, 0.1) is 13.8 Å². The Kier molecular flexibility index (Phi) is 10.4. The van der Waals surface area contributed by atoms with Crippen LogP contribution < -0.4 is 10.9 Å². The normalized spacial score (nSPS) is 13.6. The third kappa shape index (κ3) is 7.64. The number of hydrogen-bond donors (Lipinski definition) is 0. The van der Waals surface area contributed by atoms with E-state index in [9.17, 15) is 0 Å². The van der Waals surface area contributed by atoms with Gasteiger partial charge < -0.3 is 9.13 Å². The van der Waals surface area contributed by atoms with Crippen molar-refractivity contribution in [1.29, 1.82) is 0 Å². The summed E-state index contributed by atoms with van der Waals surface area (Å²) >= 11 is 0. The summed E-state index contributed by atoms with van der Waals surface area (Å²) in [4.78, 5) is 30.7. The molecule has 2 heterocycles. The molecule has 0 aliphatic heterocycles. The molecule has 0 radical (unpaired) electrons. The van der Waals surface area contributed by atoms with E-state index in [1.54, 1.807) is 0 Å². The fourth-order valence-electron chi connectivity index (χ4n) is 9.28. The number of pyridine rings is 2. The van der Waals surface area contributed by atoms with Crippen molar-refractivity contribution in [1.82, 2.24) is 9.13 Å². The second-order valence-electron chi connectivity index (χ2n) is 24.6. The number of aromatic nitrogens is 2. The van der Waals surface area contributed by atoms with Gasteiger partial charge in [-0.15, -0.1) is 0 Å². The Hall–Kier alpha value is -4.96. The molecular formula is C58H72N2O2. The van der Waals surface area contributed by atoms with E-state index in [0.29, 0.717) is 21.5 Å². The Balaban J connectivity index is 1.84. The Morgan fingerprint density at radius 2 is 0.581 bits per heavy atom. The second kappa shape index (κ2) is 14.3. The predicted octanol–water partition coefficient (Wildman–Crippen LogP) is 15.0. The largest absolute Gasteiger partial charge is 0.308 e.